The second kappa shape index (κ2) is 5.89. The molecule has 0 saturated carbocycles. The number of hydrogen-bond acceptors (Lipinski definition) is 4. The summed E-state index contributed by atoms with van der Waals surface area (Å²) in [5, 5.41) is 6.76. The molecule has 2 heterocycles. The first kappa shape index (κ1) is 13.5. The van der Waals surface area contributed by atoms with Crippen molar-refractivity contribution in [1.29, 1.82) is 0 Å². The van der Waals surface area contributed by atoms with Gasteiger partial charge in [0.25, 0.3) is 0 Å². The predicted molar refractivity (Wildman–Crippen MR) is 89.4 cm³/mol. The number of hydrogen-bond donors (Lipinski definition) is 2. The van der Waals surface area contributed by atoms with E-state index < -0.39 is 0 Å². The number of fused-ring (bicyclic) bond motifs is 1. The minimum Gasteiger partial charge on any atom is -0.491 e. The Morgan fingerprint density at radius 1 is 1.05 bits per heavy atom. The number of nitrogens with one attached hydrogen (secondary N) is 2. The minimum atomic E-state index is 0.651. The molecule has 0 amide bonds. The zero-order valence-electron chi connectivity index (χ0n) is 12.6. The van der Waals surface area contributed by atoms with Crippen LogP contribution in [0.25, 0.3) is 0 Å². The monoisotopic (exact) mass is 295 g/mol. The van der Waals surface area contributed by atoms with E-state index in [4.69, 9.17) is 4.74 Å². The molecule has 1 saturated heterocycles. The summed E-state index contributed by atoms with van der Waals surface area (Å²) in [5.74, 6) is 1.62. The molecule has 114 valence electrons. The molecule has 4 rings (SSSR count). The summed E-state index contributed by atoms with van der Waals surface area (Å²) in [5.41, 5.74) is 3.68. The highest BCUT2D eigenvalue weighted by molar-refractivity contribution is 5.80. The molecule has 0 atom stereocenters. The van der Waals surface area contributed by atoms with Crippen molar-refractivity contribution >= 4 is 11.4 Å². The molecular weight excluding hydrogens is 274 g/mol. The van der Waals surface area contributed by atoms with Crippen LogP contribution in [0.5, 0.6) is 5.75 Å². The second-order valence-electron chi connectivity index (χ2n) is 6.00. The molecule has 0 unspecified atom stereocenters. The number of nitrogens with zero attached hydrogens (tertiary/aromatic N) is 1. The fourth-order valence-corrected chi connectivity index (χ4v) is 2.96. The molecule has 2 aliphatic heterocycles. The van der Waals surface area contributed by atoms with Gasteiger partial charge in [0, 0.05) is 25.6 Å². The van der Waals surface area contributed by atoms with Crippen LogP contribution < -0.4 is 20.3 Å². The minimum absolute atomic E-state index is 0.651. The van der Waals surface area contributed by atoms with Gasteiger partial charge in [-0.25, -0.2) is 0 Å². The predicted octanol–water partition coefficient (Wildman–Crippen LogP) is 2.67. The van der Waals surface area contributed by atoms with Crippen molar-refractivity contribution in [2.24, 2.45) is 5.92 Å². The summed E-state index contributed by atoms with van der Waals surface area (Å²) in [6.07, 6.45) is 0. The number of para-hydroxylation sites is 1. The molecule has 1 fully saturated rings. The maximum atomic E-state index is 6.02. The van der Waals surface area contributed by atoms with Gasteiger partial charge >= 0.3 is 0 Å². The van der Waals surface area contributed by atoms with Gasteiger partial charge in [-0.15, -0.1) is 0 Å². The lowest BCUT2D eigenvalue weighted by Crippen LogP contribution is -2.45. The van der Waals surface area contributed by atoms with E-state index in [9.17, 15) is 0 Å². The topological polar surface area (TPSA) is 36.5 Å². The van der Waals surface area contributed by atoms with Crippen LogP contribution in [0.15, 0.2) is 48.5 Å². The van der Waals surface area contributed by atoms with E-state index in [0.717, 1.165) is 44.3 Å². The number of benzene rings is 2. The Morgan fingerprint density at radius 2 is 1.91 bits per heavy atom. The van der Waals surface area contributed by atoms with Gasteiger partial charge in [-0.1, -0.05) is 36.4 Å². The third-order valence-corrected chi connectivity index (χ3v) is 4.35. The lowest BCUT2D eigenvalue weighted by atomic mass is 10.1. The molecule has 2 aromatic carbocycles. The summed E-state index contributed by atoms with van der Waals surface area (Å²) in [7, 11) is 0. The quantitative estimate of drug-likeness (QED) is 0.889. The molecule has 0 aliphatic carbocycles. The van der Waals surface area contributed by atoms with E-state index in [0.29, 0.717) is 5.92 Å². The van der Waals surface area contributed by atoms with Gasteiger partial charge in [0.1, 0.15) is 11.4 Å². The molecule has 4 heteroatoms. The third kappa shape index (κ3) is 2.62. The Bertz CT molecular complexity index is 640. The van der Waals surface area contributed by atoms with Crippen LogP contribution in [0, 0.1) is 5.92 Å². The van der Waals surface area contributed by atoms with Crippen LogP contribution in [0.2, 0.25) is 0 Å². The Balaban J connectivity index is 1.49. The molecular formula is C18H21N3O. The molecule has 2 aromatic rings. The van der Waals surface area contributed by atoms with Crippen molar-refractivity contribution in [3.05, 3.63) is 54.1 Å². The fourth-order valence-electron chi connectivity index (χ4n) is 2.96. The van der Waals surface area contributed by atoms with Crippen molar-refractivity contribution in [3.8, 4) is 5.75 Å². The normalized spacial score (nSPS) is 16.8. The lowest BCUT2D eigenvalue weighted by molar-refractivity contribution is 0.200. The molecule has 22 heavy (non-hydrogen) atoms. The smallest absolute Gasteiger partial charge is 0.144 e. The van der Waals surface area contributed by atoms with Crippen LogP contribution in [0.4, 0.5) is 11.4 Å². The van der Waals surface area contributed by atoms with Crippen molar-refractivity contribution in [2.75, 3.05) is 36.6 Å². The number of ether oxygens (including phenoxy) is 1. The lowest BCUT2D eigenvalue weighted by Gasteiger charge is -2.27. The number of rotatable bonds is 5. The van der Waals surface area contributed by atoms with Gasteiger partial charge in [-0.05, 0) is 17.7 Å². The van der Waals surface area contributed by atoms with Crippen LogP contribution in [-0.2, 0) is 6.54 Å². The standard InChI is InChI=1S/C18H21N3O/c1-2-5-14(6-3-1)11-21-13-20-18-16(21)7-4-8-17(18)22-12-15-9-19-10-15/h1-8,15,19-20H,9-13H2. The summed E-state index contributed by atoms with van der Waals surface area (Å²) in [4.78, 5) is 2.35. The Hall–Kier alpha value is -2.20. The van der Waals surface area contributed by atoms with Crippen LogP contribution >= 0.6 is 0 Å². The highest BCUT2D eigenvalue weighted by Gasteiger charge is 2.23. The van der Waals surface area contributed by atoms with Gasteiger partial charge in [0.2, 0.25) is 0 Å². The SMILES string of the molecule is c1ccc(CN2CNc3c(OCC4CNC4)cccc32)cc1. The third-order valence-electron chi connectivity index (χ3n) is 4.35. The Morgan fingerprint density at radius 3 is 2.68 bits per heavy atom. The van der Waals surface area contributed by atoms with Crippen LogP contribution in [0.1, 0.15) is 5.56 Å². The van der Waals surface area contributed by atoms with E-state index >= 15 is 0 Å². The van der Waals surface area contributed by atoms with Crippen molar-refractivity contribution in [3.63, 3.8) is 0 Å². The van der Waals surface area contributed by atoms with Gasteiger partial charge in [-0.3, -0.25) is 0 Å². The molecule has 4 nitrogen and oxygen atoms in total. The zero-order valence-corrected chi connectivity index (χ0v) is 12.6. The van der Waals surface area contributed by atoms with E-state index in [2.05, 4.69) is 64.1 Å². The Labute approximate surface area is 131 Å². The summed E-state index contributed by atoms with van der Waals surface area (Å²) >= 11 is 0. The first-order chi connectivity index (χ1) is 10.9. The van der Waals surface area contributed by atoms with E-state index in [1.54, 1.807) is 0 Å². The highest BCUT2D eigenvalue weighted by atomic mass is 16.5. The maximum absolute atomic E-state index is 6.02. The molecule has 2 N–H and O–H groups in total. The molecule has 0 aromatic heterocycles. The largest absolute Gasteiger partial charge is 0.491 e. The van der Waals surface area contributed by atoms with E-state index in [-0.39, 0.29) is 0 Å². The van der Waals surface area contributed by atoms with E-state index in [1.165, 1.54) is 11.3 Å². The van der Waals surface area contributed by atoms with Crippen molar-refractivity contribution in [2.45, 2.75) is 6.54 Å². The summed E-state index contributed by atoms with van der Waals surface area (Å²) < 4.78 is 6.02. The average molecular weight is 295 g/mol. The first-order valence-corrected chi connectivity index (χ1v) is 7.89. The first-order valence-electron chi connectivity index (χ1n) is 7.89. The maximum Gasteiger partial charge on any atom is 0.144 e. The average Bonchev–Trinajstić information content (AvgIpc) is 2.91. The van der Waals surface area contributed by atoms with Gasteiger partial charge in [0.15, 0.2) is 0 Å². The van der Waals surface area contributed by atoms with Gasteiger partial charge < -0.3 is 20.3 Å². The van der Waals surface area contributed by atoms with E-state index in [1.807, 2.05) is 0 Å². The summed E-state index contributed by atoms with van der Waals surface area (Å²) in [6, 6.07) is 16.9. The number of anilines is 2. The summed E-state index contributed by atoms with van der Waals surface area (Å²) in [6.45, 7) is 4.68. The molecule has 0 radical (unpaired) electrons. The van der Waals surface area contributed by atoms with Crippen molar-refractivity contribution in [1.82, 2.24) is 5.32 Å². The van der Waals surface area contributed by atoms with Crippen molar-refractivity contribution < 1.29 is 4.74 Å². The molecule has 0 bridgehead atoms. The second-order valence-corrected chi connectivity index (χ2v) is 6.00. The molecule has 2 aliphatic rings. The highest BCUT2D eigenvalue weighted by Crippen LogP contribution is 2.39. The van der Waals surface area contributed by atoms with Crippen LogP contribution in [0.3, 0.4) is 0 Å². The Kier molecular flexibility index (Phi) is 3.60. The van der Waals surface area contributed by atoms with Gasteiger partial charge in [0.05, 0.1) is 19.0 Å². The van der Waals surface area contributed by atoms with Gasteiger partial charge in [-0.2, -0.15) is 0 Å². The van der Waals surface area contributed by atoms with Crippen LogP contribution in [-0.4, -0.2) is 26.4 Å². The molecule has 0 spiro atoms. The zero-order chi connectivity index (χ0) is 14.8. The fraction of sp³-hybridized carbons (Fsp3) is 0.333.